The molecule has 0 aromatic heterocycles. The van der Waals surface area contributed by atoms with E-state index >= 15 is 0 Å². The van der Waals surface area contributed by atoms with E-state index in [0.717, 1.165) is 11.1 Å². The maximum atomic E-state index is 12.5. The van der Waals surface area contributed by atoms with Crippen molar-refractivity contribution in [2.24, 2.45) is 0 Å². The van der Waals surface area contributed by atoms with Gasteiger partial charge < -0.3 is 10.1 Å². The maximum Gasteiger partial charge on any atom is 0.307 e. The Hall–Kier alpha value is -1.93. The molecule has 0 spiro atoms. The number of hydrogen-bond donors (Lipinski definition) is 2. The van der Waals surface area contributed by atoms with Crippen LogP contribution in [0.25, 0.3) is 0 Å². The van der Waals surface area contributed by atoms with Crippen molar-refractivity contribution in [1.29, 1.82) is 0 Å². The fraction of sp³-hybridized carbons (Fsp3) is 0.500. The van der Waals surface area contributed by atoms with Crippen molar-refractivity contribution < 1.29 is 22.7 Å². The van der Waals surface area contributed by atoms with Crippen molar-refractivity contribution in [3.63, 3.8) is 0 Å². The highest BCUT2D eigenvalue weighted by Crippen LogP contribution is 2.25. The summed E-state index contributed by atoms with van der Waals surface area (Å²) in [6.07, 6.45) is -0.154. The molecule has 8 heteroatoms. The lowest BCUT2D eigenvalue weighted by Crippen LogP contribution is -2.29. The van der Waals surface area contributed by atoms with Crippen molar-refractivity contribution in [1.82, 2.24) is 10.0 Å². The topological polar surface area (TPSA) is 102 Å². The first kappa shape index (κ1) is 20.1. The maximum absolute atomic E-state index is 12.5. The zero-order valence-corrected chi connectivity index (χ0v) is 15.5. The van der Waals surface area contributed by atoms with Crippen molar-refractivity contribution in [3.8, 4) is 0 Å². The molecule has 134 valence electrons. The van der Waals surface area contributed by atoms with Gasteiger partial charge in [0.05, 0.1) is 11.3 Å². The molecular weight excluding hydrogens is 332 g/mol. The number of carbonyl (C=O) groups is 2. The second-order valence-corrected chi connectivity index (χ2v) is 7.27. The summed E-state index contributed by atoms with van der Waals surface area (Å²) in [5.74, 6) is -1.07. The Morgan fingerprint density at radius 2 is 1.62 bits per heavy atom. The van der Waals surface area contributed by atoms with Gasteiger partial charge >= 0.3 is 5.97 Å². The van der Waals surface area contributed by atoms with Gasteiger partial charge in [-0.25, -0.2) is 13.1 Å². The number of benzene rings is 1. The summed E-state index contributed by atoms with van der Waals surface area (Å²) in [7, 11) is -2.31. The Labute approximate surface area is 142 Å². The van der Waals surface area contributed by atoms with Crippen LogP contribution < -0.4 is 10.0 Å². The Morgan fingerprint density at radius 3 is 2.12 bits per heavy atom. The first-order valence-corrected chi connectivity index (χ1v) is 9.01. The molecule has 1 aromatic carbocycles. The van der Waals surface area contributed by atoms with Gasteiger partial charge in [-0.15, -0.1) is 0 Å². The van der Waals surface area contributed by atoms with Gasteiger partial charge in [-0.2, -0.15) is 0 Å². The Morgan fingerprint density at radius 1 is 1.08 bits per heavy atom. The molecule has 0 fully saturated rings. The van der Waals surface area contributed by atoms with Crippen LogP contribution in [0.5, 0.6) is 0 Å². The van der Waals surface area contributed by atoms with Gasteiger partial charge in [-0.05, 0) is 49.9 Å². The standard InChI is InChI=1S/C16H24N2O5S/c1-10-8-11(2)13(4)16(12(10)3)24(21,22)18-7-6-15(20)23-9-14(19)17-5/h8,18H,6-7,9H2,1-5H3,(H,17,19). The predicted octanol–water partition coefficient (Wildman–Crippen LogP) is 0.878. The molecule has 1 aromatic rings. The highest BCUT2D eigenvalue weighted by Gasteiger charge is 2.22. The van der Waals surface area contributed by atoms with Crippen LogP contribution in [-0.4, -0.2) is 40.5 Å². The summed E-state index contributed by atoms with van der Waals surface area (Å²) in [6, 6.07) is 1.94. The minimum absolute atomic E-state index is 0.0964. The third-order valence-electron chi connectivity index (χ3n) is 3.83. The molecule has 0 saturated heterocycles. The number of rotatable bonds is 7. The number of amides is 1. The number of esters is 1. The molecule has 0 unspecified atom stereocenters. The van der Waals surface area contributed by atoms with Gasteiger partial charge in [-0.3, -0.25) is 9.59 Å². The van der Waals surface area contributed by atoms with Crippen LogP contribution in [0.4, 0.5) is 0 Å². The summed E-state index contributed by atoms with van der Waals surface area (Å²) in [6.45, 7) is 6.76. The van der Waals surface area contributed by atoms with Gasteiger partial charge in [0, 0.05) is 13.6 Å². The minimum Gasteiger partial charge on any atom is -0.456 e. The fourth-order valence-corrected chi connectivity index (χ4v) is 3.88. The summed E-state index contributed by atoms with van der Waals surface area (Å²) in [5, 5.41) is 2.32. The number of nitrogens with one attached hydrogen (secondary N) is 2. The van der Waals surface area contributed by atoms with E-state index in [-0.39, 0.29) is 24.5 Å². The first-order valence-electron chi connectivity index (χ1n) is 7.53. The molecule has 0 aliphatic heterocycles. The van der Waals surface area contributed by atoms with E-state index in [1.54, 1.807) is 13.8 Å². The van der Waals surface area contributed by atoms with E-state index in [2.05, 4.69) is 10.0 Å². The number of hydrogen-bond acceptors (Lipinski definition) is 5. The van der Waals surface area contributed by atoms with E-state index in [4.69, 9.17) is 4.74 Å². The molecule has 24 heavy (non-hydrogen) atoms. The van der Waals surface area contributed by atoms with Gasteiger partial charge in [0.25, 0.3) is 5.91 Å². The van der Waals surface area contributed by atoms with Crippen LogP contribution in [0, 0.1) is 27.7 Å². The van der Waals surface area contributed by atoms with Gasteiger partial charge in [0.1, 0.15) is 0 Å². The Kier molecular flexibility index (Phi) is 6.92. The average Bonchev–Trinajstić information content (AvgIpc) is 2.50. The average molecular weight is 356 g/mol. The molecule has 7 nitrogen and oxygen atoms in total. The largest absolute Gasteiger partial charge is 0.456 e. The molecule has 0 saturated carbocycles. The highest BCUT2D eigenvalue weighted by molar-refractivity contribution is 7.89. The molecule has 0 atom stereocenters. The predicted molar refractivity (Wildman–Crippen MR) is 90.2 cm³/mol. The van der Waals surface area contributed by atoms with E-state index in [1.165, 1.54) is 7.05 Å². The van der Waals surface area contributed by atoms with Crippen LogP contribution in [0.15, 0.2) is 11.0 Å². The molecule has 0 aliphatic rings. The van der Waals surface area contributed by atoms with Crippen molar-refractivity contribution >= 4 is 21.9 Å². The molecule has 1 rings (SSSR count). The molecule has 2 N–H and O–H groups in total. The molecule has 0 aliphatic carbocycles. The quantitative estimate of drug-likeness (QED) is 0.706. The first-order chi connectivity index (χ1) is 11.1. The number of likely N-dealkylation sites (N-methyl/N-ethyl adjacent to an activating group) is 1. The summed E-state index contributed by atoms with van der Waals surface area (Å²) >= 11 is 0. The summed E-state index contributed by atoms with van der Waals surface area (Å²) in [4.78, 5) is 22.7. The minimum atomic E-state index is -3.74. The van der Waals surface area contributed by atoms with Gasteiger partial charge in [0.2, 0.25) is 10.0 Å². The number of ether oxygens (including phenoxy) is 1. The monoisotopic (exact) mass is 356 g/mol. The molecule has 0 radical (unpaired) electrons. The number of aryl methyl sites for hydroxylation is 2. The van der Waals surface area contributed by atoms with E-state index in [9.17, 15) is 18.0 Å². The SMILES string of the molecule is CNC(=O)COC(=O)CCNS(=O)(=O)c1c(C)c(C)cc(C)c1C. The smallest absolute Gasteiger partial charge is 0.307 e. The zero-order valence-electron chi connectivity index (χ0n) is 14.6. The van der Waals surface area contributed by atoms with E-state index in [0.29, 0.717) is 11.1 Å². The van der Waals surface area contributed by atoms with Crippen LogP contribution in [0.2, 0.25) is 0 Å². The molecule has 0 heterocycles. The Bertz CT molecular complexity index is 715. The second kappa shape index (κ2) is 8.25. The van der Waals surface area contributed by atoms with Crippen molar-refractivity contribution in [2.75, 3.05) is 20.2 Å². The van der Waals surface area contributed by atoms with Crippen molar-refractivity contribution in [2.45, 2.75) is 39.0 Å². The van der Waals surface area contributed by atoms with Gasteiger partial charge in [-0.1, -0.05) is 6.07 Å². The Balaban J connectivity index is 2.75. The fourth-order valence-electron chi connectivity index (χ4n) is 2.23. The molecule has 0 bridgehead atoms. The van der Waals surface area contributed by atoms with Crippen LogP contribution in [0.3, 0.4) is 0 Å². The van der Waals surface area contributed by atoms with Crippen LogP contribution in [-0.2, 0) is 24.3 Å². The van der Waals surface area contributed by atoms with E-state index in [1.807, 2.05) is 19.9 Å². The molecular formula is C16H24N2O5S. The lowest BCUT2D eigenvalue weighted by atomic mass is 10.0. The lowest BCUT2D eigenvalue weighted by Gasteiger charge is -2.16. The number of sulfonamides is 1. The van der Waals surface area contributed by atoms with E-state index < -0.39 is 21.9 Å². The van der Waals surface area contributed by atoms with Crippen molar-refractivity contribution in [3.05, 3.63) is 28.3 Å². The normalized spacial score (nSPS) is 11.2. The zero-order chi connectivity index (χ0) is 18.5. The van der Waals surface area contributed by atoms with Gasteiger partial charge in [0.15, 0.2) is 6.61 Å². The van der Waals surface area contributed by atoms with Crippen LogP contribution in [0.1, 0.15) is 28.7 Å². The number of carbonyl (C=O) groups excluding carboxylic acids is 2. The summed E-state index contributed by atoms with van der Waals surface area (Å²) in [5.41, 5.74) is 3.16. The molecule has 1 amide bonds. The summed E-state index contributed by atoms with van der Waals surface area (Å²) < 4.78 is 32.2. The lowest BCUT2D eigenvalue weighted by molar-refractivity contribution is -0.148. The third-order valence-corrected chi connectivity index (χ3v) is 5.56. The third kappa shape index (κ3) is 5.04. The highest BCUT2D eigenvalue weighted by atomic mass is 32.2. The van der Waals surface area contributed by atoms with Crippen LogP contribution >= 0.6 is 0 Å². The second-order valence-electron chi connectivity index (χ2n) is 5.57.